The van der Waals surface area contributed by atoms with Crippen LogP contribution < -0.4 is 11.1 Å². The maximum absolute atomic E-state index is 12.5. The Morgan fingerprint density at radius 1 is 1.14 bits per heavy atom. The van der Waals surface area contributed by atoms with Gasteiger partial charge in [-0.1, -0.05) is 60.7 Å². The topological polar surface area (TPSA) is 75.4 Å². The van der Waals surface area contributed by atoms with Crippen molar-refractivity contribution in [2.75, 3.05) is 6.61 Å². The Morgan fingerprint density at radius 2 is 1.67 bits per heavy atom. The molecule has 1 amide bonds. The molecule has 0 aliphatic heterocycles. The van der Waals surface area contributed by atoms with Gasteiger partial charge in [0.05, 0.1) is 12.6 Å². The standard InChI is InChI=1S/C17H20N2O2/c1-17(18,14-10-6-3-7-11-14)16(21)19-15(12-20)13-8-4-2-5-9-13/h2-11,15,20H,12,18H2,1H3,(H,19,21)/t15-,17?/m0/s1. The van der Waals surface area contributed by atoms with E-state index in [-0.39, 0.29) is 12.5 Å². The zero-order valence-corrected chi connectivity index (χ0v) is 12.0. The van der Waals surface area contributed by atoms with Crippen molar-refractivity contribution in [2.24, 2.45) is 5.73 Å². The van der Waals surface area contributed by atoms with Crippen molar-refractivity contribution in [3.05, 3.63) is 71.8 Å². The summed E-state index contributed by atoms with van der Waals surface area (Å²) in [4.78, 5) is 12.5. The Balaban J connectivity index is 2.16. The van der Waals surface area contributed by atoms with E-state index in [0.29, 0.717) is 0 Å². The molecule has 0 aliphatic rings. The van der Waals surface area contributed by atoms with Crippen molar-refractivity contribution < 1.29 is 9.90 Å². The van der Waals surface area contributed by atoms with Crippen LogP contribution in [0.25, 0.3) is 0 Å². The van der Waals surface area contributed by atoms with Gasteiger partial charge in [0.25, 0.3) is 0 Å². The second-order valence-corrected chi connectivity index (χ2v) is 5.19. The predicted molar refractivity (Wildman–Crippen MR) is 82.4 cm³/mol. The number of rotatable bonds is 5. The molecule has 0 bridgehead atoms. The third-order valence-electron chi connectivity index (χ3n) is 3.53. The van der Waals surface area contributed by atoms with Gasteiger partial charge in [-0.15, -0.1) is 0 Å². The molecule has 0 heterocycles. The number of nitrogens with one attached hydrogen (secondary N) is 1. The van der Waals surface area contributed by atoms with E-state index in [1.165, 1.54) is 0 Å². The Hall–Kier alpha value is -2.17. The Morgan fingerprint density at radius 3 is 2.19 bits per heavy atom. The zero-order valence-electron chi connectivity index (χ0n) is 12.0. The Labute approximate surface area is 124 Å². The summed E-state index contributed by atoms with van der Waals surface area (Å²) in [5, 5.41) is 12.3. The highest BCUT2D eigenvalue weighted by atomic mass is 16.3. The van der Waals surface area contributed by atoms with Crippen LogP contribution in [-0.4, -0.2) is 17.6 Å². The summed E-state index contributed by atoms with van der Waals surface area (Å²) in [6.07, 6.45) is 0. The number of nitrogens with two attached hydrogens (primary N) is 1. The van der Waals surface area contributed by atoms with Crippen LogP contribution in [-0.2, 0) is 10.3 Å². The molecule has 0 saturated carbocycles. The molecule has 21 heavy (non-hydrogen) atoms. The summed E-state index contributed by atoms with van der Waals surface area (Å²) in [6, 6.07) is 18.1. The molecule has 0 aromatic heterocycles. The predicted octanol–water partition coefficient (Wildman–Crippen LogP) is 1.71. The van der Waals surface area contributed by atoms with E-state index >= 15 is 0 Å². The van der Waals surface area contributed by atoms with E-state index in [1.807, 2.05) is 60.7 Å². The van der Waals surface area contributed by atoms with Crippen LogP contribution in [0.15, 0.2) is 60.7 Å². The minimum atomic E-state index is -1.15. The third kappa shape index (κ3) is 3.48. The summed E-state index contributed by atoms with van der Waals surface area (Å²) < 4.78 is 0. The molecule has 2 rings (SSSR count). The van der Waals surface area contributed by atoms with Gasteiger partial charge in [-0.3, -0.25) is 4.79 Å². The molecule has 2 aromatic rings. The van der Waals surface area contributed by atoms with Crippen LogP contribution in [0.1, 0.15) is 24.1 Å². The van der Waals surface area contributed by atoms with Crippen molar-refractivity contribution in [1.82, 2.24) is 5.32 Å². The Kier molecular flexibility index (Phi) is 4.73. The van der Waals surface area contributed by atoms with Crippen LogP contribution in [0.3, 0.4) is 0 Å². The smallest absolute Gasteiger partial charge is 0.244 e. The molecule has 1 unspecified atom stereocenters. The molecule has 0 saturated heterocycles. The van der Waals surface area contributed by atoms with Gasteiger partial charge in [-0.25, -0.2) is 0 Å². The highest BCUT2D eigenvalue weighted by molar-refractivity contribution is 5.87. The first-order valence-electron chi connectivity index (χ1n) is 6.87. The maximum atomic E-state index is 12.5. The number of aliphatic hydroxyl groups excluding tert-OH is 1. The van der Waals surface area contributed by atoms with Crippen molar-refractivity contribution in [3.8, 4) is 0 Å². The van der Waals surface area contributed by atoms with Crippen LogP contribution in [0.2, 0.25) is 0 Å². The zero-order chi connectivity index (χ0) is 15.3. The van der Waals surface area contributed by atoms with Crippen molar-refractivity contribution in [2.45, 2.75) is 18.5 Å². The lowest BCUT2D eigenvalue weighted by Gasteiger charge is -2.27. The summed E-state index contributed by atoms with van der Waals surface area (Å²) >= 11 is 0. The van der Waals surface area contributed by atoms with Crippen LogP contribution >= 0.6 is 0 Å². The fourth-order valence-electron chi connectivity index (χ4n) is 2.14. The van der Waals surface area contributed by atoms with Crippen LogP contribution in [0, 0.1) is 0 Å². The SMILES string of the molecule is CC(N)(C(=O)N[C@@H](CO)c1ccccc1)c1ccccc1. The maximum Gasteiger partial charge on any atom is 0.244 e. The van der Waals surface area contributed by atoms with Gasteiger partial charge in [0.15, 0.2) is 0 Å². The van der Waals surface area contributed by atoms with Crippen LogP contribution in [0.4, 0.5) is 0 Å². The largest absolute Gasteiger partial charge is 0.394 e. The average molecular weight is 284 g/mol. The minimum Gasteiger partial charge on any atom is -0.394 e. The second kappa shape index (κ2) is 6.52. The van der Waals surface area contributed by atoms with Gasteiger partial charge < -0.3 is 16.2 Å². The van der Waals surface area contributed by atoms with Gasteiger partial charge >= 0.3 is 0 Å². The molecule has 0 spiro atoms. The van der Waals surface area contributed by atoms with Gasteiger partial charge in [-0.05, 0) is 18.1 Å². The van der Waals surface area contributed by atoms with E-state index in [0.717, 1.165) is 11.1 Å². The molecule has 2 atom stereocenters. The highest BCUT2D eigenvalue weighted by Crippen LogP contribution is 2.20. The summed E-state index contributed by atoms with van der Waals surface area (Å²) in [7, 11) is 0. The number of amides is 1. The first-order valence-corrected chi connectivity index (χ1v) is 6.87. The fourth-order valence-corrected chi connectivity index (χ4v) is 2.14. The van der Waals surface area contributed by atoms with Gasteiger partial charge in [0.2, 0.25) is 5.91 Å². The number of hydrogen-bond acceptors (Lipinski definition) is 3. The van der Waals surface area contributed by atoms with Crippen LogP contribution in [0.5, 0.6) is 0 Å². The molecule has 110 valence electrons. The molecule has 0 fully saturated rings. The first-order chi connectivity index (χ1) is 10.1. The quantitative estimate of drug-likeness (QED) is 0.782. The lowest BCUT2D eigenvalue weighted by molar-refractivity contribution is -0.127. The monoisotopic (exact) mass is 284 g/mol. The molecule has 0 radical (unpaired) electrons. The summed E-state index contributed by atoms with van der Waals surface area (Å²) in [5.74, 6) is -0.323. The fraction of sp³-hybridized carbons (Fsp3) is 0.235. The molecular weight excluding hydrogens is 264 g/mol. The van der Waals surface area contributed by atoms with E-state index in [2.05, 4.69) is 5.32 Å². The van der Waals surface area contributed by atoms with E-state index in [1.54, 1.807) is 6.92 Å². The number of benzene rings is 2. The normalized spacial score (nSPS) is 15.0. The first kappa shape index (κ1) is 15.2. The molecule has 4 N–H and O–H groups in total. The molecule has 2 aromatic carbocycles. The summed E-state index contributed by atoms with van der Waals surface area (Å²) in [5.41, 5.74) is 6.59. The van der Waals surface area contributed by atoms with Crippen molar-refractivity contribution in [3.63, 3.8) is 0 Å². The van der Waals surface area contributed by atoms with Gasteiger partial charge in [-0.2, -0.15) is 0 Å². The molecule has 4 nitrogen and oxygen atoms in total. The average Bonchev–Trinajstić information content (AvgIpc) is 2.54. The van der Waals surface area contributed by atoms with Crippen molar-refractivity contribution >= 4 is 5.91 Å². The van der Waals surface area contributed by atoms with E-state index < -0.39 is 11.6 Å². The number of carbonyl (C=O) groups excluding carboxylic acids is 1. The second-order valence-electron chi connectivity index (χ2n) is 5.19. The highest BCUT2D eigenvalue weighted by Gasteiger charge is 2.31. The Bertz CT molecular complexity index is 582. The number of hydrogen-bond donors (Lipinski definition) is 3. The molecular formula is C17H20N2O2. The number of aliphatic hydroxyl groups is 1. The lowest BCUT2D eigenvalue weighted by Crippen LogP contribution is -2.50. The molecule has 4 heteroatoms. The third-order valence-corrected chi connectivity index (χ3v) is 3.53. The van der Waals surface area contributed by atoms with E-state index in [4.69, 9.17) is 5.73 Å². The van der Waals surface area contributed by atoms with E-state index in [9.17, 15) is 9.90 Å². The van der Waals surface area contributed by atoms with Crippen molar-refractivity contribution in [1.29, 1.82) is 0 Å². The number of carbonyl (C=O) groups is 1. The lowest BCUT2D eigenvalue weighted by atomic mass is 9.91. The summed E-state index contributed by atoms with van der Waals surface area (Å²) in [6.45, 7) is 1.48. The molecule has 0 aliphatic carbocycles. The van der Waals surface area contributed by atoms with Gasteiger partial charge in [0, 0.05) is 0 Å². The minimum absolute atomic E-state index is 0.180. The van der Waals surface area contributed by atoms with Gasteiger partial charge in [0.1, 0.15) is 5.54 Å².